The van der Waals surface area contributed by atoms with E-state index in [1.165, 1.54) is 6.07 Å². The monoisotopic (exact) mass is 373 g/mol. The van der Waals surface area contributed by atoms with Crippen LogP contribution in [0.15, 0.2) is 53.7 Å². The standard InChI is InChI=1S/C20H24FN3OS/c1-20(2,26-18-5-3-4-16(21)14-18)15-8-12-24(13-9-15)19(25)23-17-6-10-22-11-7-17/h3-7,10-11,14-15H,8-9,12-13H2,1-2H3,(H,22,23,25). The molecule has 3 rings (SSSR count). The second-order valence-electron chi connectivity index (χ2n) is 7.09. The second kappa shape index (κ2) is 8.08. The van der Waals surface area contributed by atoms with E-state index in [4.69, 9.17) is 0 Å². The SMILES string of the molecule is CC(C)(Sc1cccc(F)c1)C1CCN(C(=O)Nc2ccncc2)CC1. The van der Waals surface area contributed by atoms with Gasteiger partial charge in [0, 0.05) is 40.8 Å². The molecule has 6 heteroatoms. The molecule has 0 saturated carbocycles. The van der Waals surface area contributed by atoms with E-state index in [1.54, 1.807) is 48.4 Å². The van der Waals surface area contributed by atoms with E-state index >= 15 is 0 Å². The summed E-state index contributed by atoms with van der Waals surface area (Å²) in [7, 11) is 0. The number of likely N-dealkylation sites (tertiary alicyclic amines) is 1. The van der Waals surface area contributed by atoms with Gasteiger partial charge in [0.1, 0.15) is 5.82 Å². The lowest BCUT2D eigenvalue weighted by Gasteiger charge is -2.40. The molecular weight excluding hydrogens is 349 g/mol. The van der Waals surface area contributed by atoms with E-state index < -0.39 is 0 Å². The molecule has 0 aliphatic carbocycles. The van der Waals surface area contributed by atoms with Gasteiger partial charge in [-0.05, 0) is 49.1 Å². The van der Waals surface area contributed by atoms with Crippen molar-refractivity contribution in [3.63, 3.8) is 0 Å². The van der Waals surface area contributed by atoms with Crippen LogP contribution in [0.3, 0.4) is 0 Å². The highest BCUT2D eigenvalue weighted by atomic mass is 32.2. The molecular formula is C20H24FN3OS. The van der Waals surface area contributed by atoms with E-state index in [2.05, 4.69) is 24.1 Å². The molecule has 1 aliphatic heterocycles. The minimum Gasteiger partial charge on any atom is -0.325 e. The maximum absolute atomic E-state index is 13.4. The van der Waals surface area contributed by atoms with Crippen molar-refractivity contribution in [3.8, 4) is 0 Å². The van der Waals surface area contributed by atoms with Crippen LogP contribution in [0.4, 0.5) is 14.9 Å². The van der Waals surface area contributed by atoms with Gasteiger partial charge in [-0.15, -0.1) is 11.8 Å². The number of thioether (sulfide) groups is 1. The Morgan fingerprint density at radius 3 is 2.58 bits per heavy atom. The number of nitrogens with zero attached hydrogens (tertiary/aromatic N) is 2. The van der Waals surface area contributed by atoms with Gasteiger partial charge in [0.05, 0.1) is 0 Å². The Hall–Kier alpha value is -2.08. The van der Waals surface area contributed by atoms with Crippen molar-refractivity contribution in [1.29, 1.82) is 0 Å². The van der Waals surface area contributed by atoms with E-state index in [0.717, 1.165) is 36.5 Å². The lowest BCUT2D eigenvalue weighted by Crippen LogP contribution is -2.44. The van der Waals surface area contributed by atoms with Crippen LogP contribution in [0, 0.1) is 11.7 Å². The molecule has 0 unspecified atom stereocenters. The lowest BCUT2D eigenvalue weighted by molar-refractivity contribution is 0.173. The largest absolute Gasteiger partial charge is 0.325 e. The Balaban J connectivity index is 1.54. The Kier molecular flexibility index (Phi) is 5.81. The number of pyridine rings is 1. The van der Waals surface area contributed by atoms with Gasteiger partial charge < -0.3 is 10.2 Å². The van der Waals surface area contributed by atoms with Crippen LogP contribution in [0.5, 0.6) is 0 Å². The summed E-state index contributed by atoms with van der Waals surface area (Å²) in [6, 6.07) is 10.3. The number of amides is 2. The molecule has 138 valence electrons. The van der Waals surface area contributed by atoms with E-state index in [9.17, 15) is 9.18 Å². The number of halogens is 1. The van der Waals surface area contributed by atoms with Gasteiger partial charge in [0.15, 0.2) is 0 Å². The highest BCUT2D eigenvalue weighted by molar-refractivity contribution is 8.00. The van der Waals surface area contributed by atoms with Gasteiger partial charge in [-0.2, -0.15) is 0 Å². The predicted molar refractivity (Wildman–Crippen MR) is 104 cm³/mol. The molecule has 1 N–H and O–H groups in total. The summed E-state index contributed by atoms with van der Waals surface area (Å²) in [5.74, 6) is 0.272. The zero-order valence-corrected chi connectivity index (χ0v) is 15.9. The minimum atomic E-state index is -0.201. The Labute approximate surface area is 158 Å². The quantitative estimate of drug-likeness (QED) is 0.764. The van der Waals surface area contributed by atoms with Gasteiger partial charge in [-0.1, -0.05) is 19.9 Å². The van der Waals surface area contributed by atoms with Crippen LogP contribution in [0.2, 0.25) is 0 Å². The first-order valence-electron chi connectivity index (χ1n) is 8.84. The lowest BCUT2D eigenvalue weighted by atomic mass is 9.86. The van der Waals surface area contributed by atoms with Crippen LogP contribution in [-0.2, 0) is 0 Å². The Morgan fingerprint density at radius 2 is 1.92 bits per heavy atom. The fourth-order valence-electron chi connectivity index (χ4n) is 3.33. The Morgan fingerprint density at radius 1 is 1.23 bits per heavy atom. The van der Waals surface area contributed by atoms with Crippen molar-refractivity contribution in [1.82, 2.24) is 9.88 Å². The van der Waals surface area contributed by atoms with Gasteiger partial charge >= 0.3 is 6.03 Å². The van der Waals surface area contributed by atoms with Gasteiger partial charge in [0.2, 0.25) is 0 Å². The number of carbonyl (C=O) groups is 1. The second-order valence-corrected chi connectivity index (χ2v) is 8.82. The molecule has 1 fully saturated rings. The minimum absolute atomic E-state index is 0.0124. The summed E-state index contributed by atoms with van der Waals surface area (Å²) in [6.45, 7) is 5.88. The van der Waals surface area contributed by atoms with E-state index in [1.807, 2.05) is 11.0 Å². The number of benzene rings is 1. The maximum atomic E-state index is 13.4. The molecule has 2 amide bonds. The van der Waals surface area contributed by atoms with Gasteiger partial charge in [-0.25, -0.2) is 9.18 Å². The molecule has 1 aromatic heterocycles. The average molecular weight is 373 g/mol. The number of rotatable bonds is 4. The molecule has 1 saturated heterocycles. The third-order valence-corrected chi connectivity index (χ3v) is 6.22. The van der Waals surface area contributed by atoms with Crippen molar-refractivity contribution in [3.05, 3.63) is 54.6 Å². The molecule has 0 bridgehead atoms. The summed E-state index contributed by atoms with van der Waals surface area (Å²) in [6.07, 6.45) is 5.21. The number of urea groups is 1. The summed E-state index contributed by atoms with van der Waals surface area (Å²) >= 11 is 1.71. The van der Waals surface area contributed by atoms with Gasteiger partial charge in [-0.3, -0.25) is 4.98 Å². The highest BCUT2D eigenvalue weighted by Crippen LogP contribution is 2.42. The maximum Gasteiger partial charge on any atom is 0.321 e. The van der Waals surface area contributed by atoms with E-state index in [0.29, 0.717) is 5.92 Å². The highest BCUT2D eigenvalue weighted by Gasteiger charge is 2.34. The van der Waals surface area contributed by atoms with Crippen LogP contribution < -0.4 is 5.32 Å². The summed E-state index contributed by atoms with van der Waals surface area (Å²) in [4.78, 5) is 19.2. The molecule has 26 heavy (non-hydrogen) atoms. The van der Waals surface area contributed by atoms with Crippen molar-refractivity contribution < 1.29 is 9.18 Å². The zero-order valence-electron chi connectivity index (χ0n) is 15.1. The summed E-state index contributed by atoms with van der Waals surface area (Å²) in [5, 5.41) is 2.91. The van der Waals surface area contributed by atoms with Crippen LogP contribution in [-0.4, -0.2) is 33.8 Å². The number of hydrogen-bond acceptors (Lipinski definition) is 3. The first-order chi connectivity index (χ1) is 12.4. The van der Waals surface area contributed by atoms with Crippen LogP contribution >= 0.6 is 11.8 Å². The molecule has 0 spiro atoms. The fraction of sp³-hybridized carbons (Fsp3) is 0.400. The zero-order chi connectivity index (χ0) is 18.6. The van der Waals surface area contributed by atoms with Crippen molar-refractivity contribution >= 4 is 23.5 Å². The van der Waals surface area contributed by atoms with Gasteiger partial charge in [0.25, 0.3) is 0 Å². The number of hydrogen-bond donors (Lipinski definition) is 1. The first kappa shape index (κ1) is 18.7. The molecule has 1 aromatic carbocycles. The first-order valence-corrected chi connectivity index (χ1v) is 9.66. The summed E-state index contributed by atoms with van der Waals surface area (Å²) < 4.78 is 13.4. The van der Waals surface area contributed by atoms with Crippen LogP contribution in [0.25, 0.3) is 0 Å². The molecule has 2 heterocycles. The normalized spacial score (nSPS) is 15.7. The average Bonchev–Trinajstić information content (AvgIpc) is 2.62. The molecule has 0 radical (unpaired) electrons. The molecule has 0 atom stereocenters. The number of aromatic nitrogens is 1. The molecule has 2 aromatic rings. The van der Waals surface area contributed by atoms with Crippen LogP contribution in [0.1, 0.15) is 26.7 Å². The topological polar surface area (TPSA) is 45.2 Å². The fourth-order valence-corrected chi connectivity index (χ4v) is 4.66. The molecule has 4 nitrogen and oxygen atoms in total. The predicted octanol–water partition coefficient (Wildman–Crippen LogP) is 5.04. The molecule has 1 aliphatic rings. The summed E-state index contributed by atoms with van der Waals surface area (Å²) in [5.41, 5.74) is 0.758. The smallest absolute Gasteiger partial charge is 0.321 e. The number of piperidine rings is 1. The number of nitrogens with one attached hydrogen (secondary N) is 1. The van der Waals surface area contributed by atoms with E-state index in [-0.39, 0.29) is 16.6 Å². The number of anilines is 1. The van der Waals surface area contributed by atoms with Crippen molar-refractivity contribution in [2.75, 3.05) is 18.4 Å². The Bertz CT molecular complexity index is 746. The third kappa shape index (κ3) is 4.75. The van der Waals surface area contributed by atoms with Crippen molar-refractivity contribution in [2.24, 2.45) is 5.92 Å². The third-order valence-electron chi connectivity index (χ3n) is 4.87. The number of carbonyl (C=O) groups excluding carboxylic acids is 1. The van der Waals surface area contributed by atoms with Crippen molar-refractivity contribution in [2.45, 2.75) is 36.3 Å².